The van der Waals surface area contributed by atoms with E-state index in [2.05, 4.69) is 4.99 Å². The molecule has 2 aromatic rings. The van der Waals surface area contributed by atoms with Gasteiger partial charge in [0.05, 0.1) is 5.69 Å². The first-order chi connectivity index (χ1) is 8.27. The molecular weight excluding hydrogens is 217 g/mol. The number of nitrogens with zero attached hydrogens (tertiary/aromatic N) is 1. The fraction of sp³-hybridized carbons (Fsp3) is 0. The average Bonchev–Trinajstić information content (AvgIpc) is 2.68. The molecule has 82 valence electrons. The quantitative estimate of drug-likeness (QED) is 0.733. The summed E-state index contributed by atoms with van der Waals surface area (Å²) in [6.07, 6.45) is 0. The van der Waals surface area contributed by atoms with Crippen LogP contribution in [0.4, 0.5) is 10.1 Å². The van der Waals surface area contributed by atoms with Gasteiger partial charge in [0.2, 0.25) is 5.78 Å². The molecule has 0 unspecified atom stereocenters. The number of hydrogen-bond acceptors (Lipinski definition) is 2. The third-order valence-corrected chi connectivity index (χ3v) is 2.72. The molecule has 0 bridgehead atoms. The number of halogens is 1. The Balaban J connectivity index is 2.16. The fourth-order valence-corrected chi connectivity index (χ4v) is 1.90. The Morgan fingerprint density at radius 2 is 1.53 bits per heavy atom. The molecule has 1 aliphatic heterocycles. The molecule has 0 atom stereocenters. The summed E-state index contributed by atoms with van der Waals surface area (Å²) in [4.78, 5) is 16.2. The van der Waals surface area contributed by atoms with Gasteiger partial charge < -0.3 is 0 Å². The van der Waals surface area contributed by atoms with Crippen molar-refractivity contribution >= 4 is 17.2 Å². The van der Waals surface area contributed by atoms with Crippen LogP contribution in [0, 0.1) is 5.82 Å². The molecule has 0 amide bonds. The summed E-state index contributed by atoms with van der Waals surface area (Å²) in [5.74, 6) is -0.641. The minimum atomic E-state index is -0.424. The van der Waals surface area contributed by atoms with Crippen LogP contribution < -0.4 is 0 Å². The first kappa shape index (κ1) is 9.90. The molecular formula is C14H8FNO. The van der Waals surface area contributed by atoms with E-state index in [1.807, 2.05) is 0 Å². The summed E-state index contributed by atoms with van der Waals surface area (Å²) >= 11 is 0. The topological polar surface area (TPSA) is 29.4 Å². The highest BCUT2D eigenvalue weighted by Crippen LogP contribution is 2.28. The molecule has 1 aliphatic rings. The predicted octanol–water partition coefficient (Wildman–Crippen LogP) is 3.14. The lowest BCUT2D eigenvalue weighted by molar-refractivity contribution is 0.107. The first-order valence-corrected chi connectivity index (χ1v) is 5.25. The van der Waals surface area contributed by atoms with E-state index >= 15 is 0 Å². The van der Waals surface area contributed by atoms with Gasteiger partial charge in [-0.15, -0.1) is 0 Å². The van der Waals surface area contributed by atoms with Crippen LogP contribution in [-0.4, -0.2) is 11.5 Å². The number of Topliss-reactive ketones (excluding diaryl/α,β-unsaturated/α-hetero) is 1. The standard InChI is InChI=1S/C14H8FNO/c15-11-7-3-1-5-9(11)13-14(17)10-6-2-4-8-12(10)16-13/h1-8H. The van der Waals surface area contributed by atoms with Crippen molar-refractivity contribution in [1.82, 2.24) is 0 Å². The predicted molar refractivity (Wildman–Crippen MR) is 63.4 cm³/mol. The fourth-order valence-electron chi connectivity index (χ4n) is 1.90. The molecule has 2 aromatic carbocycles. The van der Waals surface area contributed by atoms with E-state index in [4.69, 9.17) is 0 Å². The Hall–Kier alpha value is -2.29. The van der Waals surface area contributed by atoms with E-state index < -0.39 is 5.82 Å². The number of carbonyl (C=O) groups excluding carboxylic acids is 1. The van der Waals surface area contributed by atoms with E-state index in [0.29, 0.717) is 11.3 Å². The van der Waals surface area contributed by atoms with Crippen molar-refractivity contribution in [2.24, 2.45) is 4.99 Å². The van der Waals surface area contributed by atoms with Crippen molar-refractivity contribution in [1.29, 1.82) is 0 Å². The van der Waals surface area contributed by atoms with Gasteiger partial charge in [-0.1, -0.05) is 24.3 Å². The molecule has 0 radical (unpaired) electrons. The van der Waals surface area contributed by atoms with Crippen molar-refractivity contribution in [3.63, 3.8) is 0 Å². The van der Waals surface area contributed by atoms with Crippen LogP contribution in [0.2, 0.25) is 0 Å². The van der Waals surface area contributed by atoms with Gasteiger partial charge in [-0.2, -0.15) is 0 Å². The highest BCUT2D eigenvalue weighted by molar-refractivity contribution is 6.54. The SMILES string of the molecule is O=C1C(c2ccccc2F)=Nc2ccccc21. The normalized spacial score (nSPS) is 13.5. The van der Waals surface area contributed by atoms with Crippen LogP contribution >= 0.6 is 0 Å². The van der Waals surface area contributed by atoms with Gasteiger partial charge in [0, 0.05) is 11.1 Å². The van der Waals surface area contributed by atoms with Gasteiger partial charge in [0.25, 0.3) is 0 Å². The van der Waals surface area contributed by atoms with E-state index in [0.717, 1.165) is 0 Å². The Kier molecular flexibility index (Phi) is 2.11. The van der Waals surface area contributed by atoms with Gasteiger partial charge in [0.1, 0.15) is 11.5 Å². The lowest BCUT2D eigenvalue weighted by atomic mass is 10.0. The molecule has 17 heavy (non-hydrogen) atoms. The molecule has 2 nitrogen and oxygen atoms in total. The van der Waals surface area contributed by atoms with Gasteiger partial charge in [0.15, 0.2) is 0 Å². The van der Waals surface area contributed by atoms with E-state index in [1.165, 1.54) is 6.07 Å². The van der Waals surface area contributed by atoms with Crippen LogP contribution in [-0.2, 0) is 0 Å². The number of carbonyl (C=O) groups is 1. The molecule has 0 aliphatic carbocycles. The van der Waals surface area contributed by atoms with Gasteiger partial charge in [-0.05, 0) is 24.3 Å². The van der Waals surface area contributed by atoms with Crippen molar-refractivity contribution in [3.8, 4) is 0 Å². The number of ketones is 1. The smallest absolute Gasteiger partial charge is 0.214 e. The Labute approximate surface area is 97.4 Å². The molecule has 3 rings (SSSR count). The molecule has 0 aromatic heterocycles. The van der Waals surface area contributed by atoms with Crippen LogP contribution in [0.15, 0.2) is 53.5 Å². The minimum Gasteiger partial charge on any atom is -0.287 e. The second-order valence-corrected chi connectivity index (χ2v) is 3.79. The van der Waals surface area contributed by atoms with Gasteiger partial charge in [-0.25, -0.2) is 9.38 Å². The zero-order valence-corrected chi connectivity index (χ0v) is 8.85. The van der Waals surface area contributed by atoms with Gasteiger partial charge >= 0.3 is 0 Å². The Bertz CT molecular complexity index is 646. The van der Waals surface area contributed by atoms with E-state index in [9.17, 15) is 9.18 Å². The number of hydrogen-bond donors (Lipinski definition) is 0. The number of aliphatic imine (C=N–C) groups is 1. The van der Waals surface area contributed by atoms with E-state index in [1.54, 1.807) is 42.5 Å². The number of para-hydroxylation sites is 1. The molecule has 3 heteroatoms. The van der Waals surface area contributed by atoms with Crippen LogP contribution in [0.3, 0.4) is 0 Å². The van der Waals surface area contributed by atoms with Crippen LogP contribution in [0.1, 0.15) is 15.9 Å². The van der Waals surface area contributed by atoms with Crippen molar-refractivity contribution in [3.05, 3.63) is 65.5 Å². The maximum Gasteiger partial charge on any atom is 0.214 e. The second-order valence-electron chi connectivity index (χ2n) is 3.79. The summed E-state index contributed by atoms with van der Waals surface area (Å²) < 4.78 is 13.6. The largest absolute Gasteiger partial charge is 0.287 e. The maximum atomic E-state index is 13.6. The van der Waals surface area contributed by atoms with Crippen LogP contribution in [0.5, 0.6) is 0 Å². The average molecular weight is 225 g/mol. The summed E-state index contributed by atoms with van der Waals surface area (Å²) in [6.45, 7) is 0. The Morgan fingerprint density at radius 1 is 0.882 bits per heavy atom. The number of benzene rings is 2. The lowest BCUT2D eigenvalue weighted by Crippen LogP contribution is -2.12. The molecule has 0 saturated carbocycles. The summed E-state index contributed by atoms with van der Waals surface area (Å²) in [5, 5.41) is 0. The number of fused-ring (bicyclic) bond motifs is 1. The maximum absolute atomic E-state index is 13.6. The first-order valence-electron chi connectivity index (χ1n) is 5.25. The molecule has 0 N–H and O–H groups in total. The summed E-state index contributed by atoms with van der Waals surface area (Å²) in [7, 11) is 0. The molecule has 0 saturated heterocycles. The third kappa shape index (κ3) is 1.47. The minimum absolute atomic E-state index is 0.185. The zero-order chi connectivity index (χ0) is 11.8. The molecule has 1 heterocycles. The van der Waals surface area contributed by atoms with Gasteiger partial charge in [-0.3, -0.25) is 4.79 Å². The monoisotopic (exact) mass is 225 g/mol. The highest BCUT2D eigenvalue weighted by Gasteiger charge is 2.26. The molecule has 0 spiro atoms. The summed E-state index contributed by atoms with van der Waals surface area (Å²) in [5.41, 5.74) is 1.58. The van der Waals surface area contributed by atoms with Crippen LogP contribution in [0.25, 0.3) is 0 Å². The van der Waals surface area contributed by atoms with E-state index in [-0.39, 0.29) is 17.1 Å². The summed E-state index contributed by atoms with van der Waals surface area (Å²) in [6, 6.07) is 13.2. The molecule has 0 fully saturated rings. The Morgan fingerprint density at radius 3 is 2.24 bits per heavy atom. The van der Waals surface area contributed by atoms with Crippen molar-refractivity contribution in [2.75, 3.05) is 0 Å². The van der Waals surface area contributed by atoms with Crippen molar-refractivity contribution in [2.45, 2.75) is 0 Å². The third-order valence-electron chi connectivity index (χ3n) is 2.72. The second kappa shape index (κ2) is 3.63. The van der Waals surface area contributed by atoms with Crippen molar-refractivity contribution < 1.29 is 9.18 Å². The zero-order valence-electron chi connectivity index (χ0n) is 8.85. The highest BCUT2D eigenvalue weighted by atomic mass is 19.1. The number of rotatable bonds is 1. The lowest BCUT2D eigenvalue weighted by Gasteiger charge is -2.00.